The molecule has 1 aromatic rings. The quantitative estimate of drug-likeness (QED) is 0.812. The van der Waals surface area contributed by atoms with Crippen LogP contribution in [-0.2, 0) is 4.74 Å². The first-order valence-electron chi connectivity index (χ1n) is 7.87. The Balaban J connectivity index is 2.23. The first-order chi connectivity index (χ1) is 10.7. The molecule has 1 aromatic heterocycles. The van der Waals surface area contributed by atoms with Crippen molar-refractivity contribution in [1.29, 1.82) is 0 Å². The SMILES string of the molecule is CC(C)(C)OC(=O)N1CCCCCC1(C)Oc1cncc(Cl)n1. The van der Waals surface area contributed by atoms with Gasteiger partial charge in [-0.25, -0.2) is 4.79 Å². The summed E-state index contributed by atoms with van der Waals surface area (Å²) in [5.74, 6) is 0.301. The highest BCUT2D eigenvalue weighted by atomic mass is 35.5. The van der Waals surface area contributed by atoms with E-state index in [1.807, 2.05) is 27.7 Å². The fraction of sp³-hybridized carbons (Fsp3) is 0.688. The maximum atomic E-state index is 12.6. The lowest BCUT2D eigenvalue weighted by atomic mass is 10.1. The van der Waals surface area contributed by atoms with E-state index in [1.165, 1.54) is 12.4 Å². The van der Waals surface area contributed by atoms with Gasteiger partial charge in [0.05, 0.1) is 12.4 Å². The molecule has 1 saturated heterocycles. The Morgan fingerprint density at radius 1 is 1.30 bits per heavy atom. The van der Waals surface area contributed by atoms with Crippen LogP contribution >= 0.6 is 11.6 Å². The lowest BCUT2D eigenvalue weighted by Crippen LogP contribution is -2.54. The number of rotatable bonds is 2. The maximum Gasteiger partial charge on any atom is 0.413 e. The first-order valence-corrected chi connectivity index (χ1v) is 8.25. The van der Waals surface area contributed by atoms with Crippen molar-refractivity contribution in [3.63, 3.8) is 0 Å². The van der Waals surface area contributed by atoms with Crippen LogP contribution < -0.4 is 4.74 Å². The number of nitrogens with zero attached hydrogens (tertiary/aromatic N) is 3. The topological polar surface area (TPSA) is 64.5 Å². The Bertz CT molecular complexity index is 562. The second-order valence-electron chi connectivity index (χ2n) is 6.90. The third kappa shape index (κ3) is 4.96. The average molecular weight is 342 g/mol. The summed E-state index contributed by atoms with van der Waals surface area (Å²) in [5.41, 5.74) is -1.39. The summed E-state index contributed by atoms with van der Waals surface area (Å²) >= 11 is 5.87. The van der Waals surface area contributed by atoms with Gasteiger partial charge >= 0.3 is 6.09 Å². The number of hydrogen-bond donors (Lipinski definition) is 0. The molecule has 2 rings (SSSR count). The Kier molecular flexibility index (Phi) is 5.34. The highest BCUT2D eigenvalue weighted by molar-refractivity contribution is 6.29. The summed E-state index contributed by atoms with van der Waals surface area (Å²) in [6.45, 7) is 8.01. The number of carbonyl (C=O) groups excluding carboxylic acids is 1. The normalized spacial score (nSPS) is 22.4. The first kappa shape index (κ1) is 17.8. The van der Waals surface area contributed by atoms with E-state index in [0.717, 1.165) is 19.3 Å². The molecule has 7 heteroatoms. The predicted molar refractivity (Wildman–Crippen MR) is 87.5 cm³/mol. The summed E-state index contributed by atoms with van der Waals surface area (Å²) < 4.78 is 11.6. The molecular formula is C16H24ClN3O3. The van der Waals surface area contributed by atoms with Crippen LogP contribution in [0.15, 0.2) is 12.4 Å². The van der Waals surface area contributed by atoms with Gasteiger partial charge in [0.2, 0.25) is 5.88 Å². The van der Waals surface area contributed by atoms with Gasteiger partial charge in [-0.15, -0.1) is 0 Å². The molecule has 0 radical (unpaired) electrons. The molecule has 1 aliphatic heterocycles. The average Bonchev–Trinajstić information content (AvgIpc) is 2.58. The molecule has 23 heavy (non-hydrogen) atoms. The van der Waals surface area contributed by atoms with Gasteiger partial charge in [0.15, 0.2) is 10.9 Å². The van der Waals surface area contributed by atoms with Gasteiger partial charge in [-0.1, -0.05) is 18.0 Å². The molecular weight excluding hydrogens is 318 g/mol. The smallest absolute Gasteiger partial charge is 0.413 e. The molecule has 1 amide bonds. The summed E-state index contributed by atoms with van der Waals surface area (Å²) in [6.07, 6.45) is 6.17. The number of carbonyl (C=O) groups is 1. The molecule has 0 N–H and O–H groups in total. The van der Waals surface area contributed by atoms with Crippen LogP contribution in [0.4, 0.5) is 4.79 Å². The van der Waals surface area contributed by atoms with E-state index in [-0.39, 0.29) is 11.2 Å². The monoisotopic (exact) mass is 341 g/mol. The zero-order valence-corrected chi connectivity index (χ0v) is 14.9. The molecule has 0 spiro atoms. The van der Waals surface area contributed by atoms with Crippen molar-refractivity contribution in [3.8, 4) is 5.88 Å². The van der Waals surface area contributed by atoms with Crippen molar-refractivity contribution in [2.24, 2.45) is 0 Å². The van der Waals surface area contributed by atoms with Crippen LogP contribution in [0.5, 0.6) is 5.88 Å². The highest BCUT2D eigenvalue weighted by Crippen LogP contribution is 2.31. The minimum atomic E-state index is -0.835. The molecule has 1 unspecified atom stereocenters. The van der Waals surface area contributed by atoms with Gasteiger partial charge in [-0.3, -0.25) is 9.88 Å². The van der Waals surface area contributed by atoms with E-state index < -0.39 is 11.3 Å². The van der Waals surface area contributed by atoms with Crippen molar-refractivity contribution in [2.45, 2.75) is 64.7 Å². The molecule has 0 saturated carbocycles. The Labute approximate surface area is 142 Å². The van der Waals surface area contributed by atoms with Crippen LogP contribution in [0.3, 0.4) is 0 Å². The molecule has 0 aromatic carbocycles. The number of ether oxygens (including phenoxy) is 2. The lowest BCUT2D eigenvalue weighted by molar-refractivity contribution is -0.0794. The van der Waals surface area contributed by atoms with Gasteiger partial charge in [0.25, 0.3) is 0 Å². The van der Waals surface area contributed by atoms with Crippen LogP contribution in [0.25, 0.3) is 0 Å². The zero-order valence-electron chi connectivity index (χ0n) is 14.1. The molecule has 128 valence electrons. The molecule has 1 aliphatic rings. The minimum Gasteiger partial charge on any atom is -0.450 e. The fourth-order valence-electron chi connectivity index (χ4n) is 2.58. The Hall–Kier alpha value is -1.56. The molecule has 0 aliphatic carbocycles. The molecule has 1 fully saturated rings. The Morgan fingerprint density at radius 2 is 2.04 bits per heavy atom. The largest absolute Gasteiger partial charge is 0.450 e. The van der Waals surface area contributed by atoms with Crippen molar-refractivity contribution in [1.82, 2.24) is 14.9 Å². The van der Waals surface area contributed by atoms with Crippen molar-refractivity contribution in [3.05, 3.63) is 17.5 Å². The van der Waals surface area contributed by atoms with Gasteiger partial charge < -0.3 is 9.47 Å². The highest BCUT2D eigenvalue weighted by Gasteiger charge is 2.41. The Morgan fingerprint density at radius 3 is 2.70 bits per heavy atom. The summed E-state index contributed by atoms with van der Waals surface area (Å²) in [5, 5.41) is 0.253. The van der Waals surface area contributed by atoms with E-state index in [1.54, 1.807) is 4.90 Å². The predicted octanol–water partition coefficient (Wildman–Crippen LogP) is 4.04. The van der Waals surface area contributed by atoms with E-state index in [4.69, 9.17) is 21.1 Å². The van der Waals surface area contributed by atoms with Gasteiger partial charge in [0.1, 0.15) is 5.60 Å². The van der Waals surface area contributed by atoms with Crippen molar-refractivity contribution >= 4 is 17.7 Å². The van der Waals surface area contributed by atoms with Gasteiger partial charge in [-0.2, -0.15) is 4.98 Å². The number of amides is 1. The summed E-state index contributed by atoms with van der Waals surface area (Å²) in [4.78, 5) is 22.3. The van der Waals surface area contributed by atoms with Crippen molar-refractivity contribution in [2.75, 3.05) is 6.54 Å². The fourth-order valence-corrected chi connectivity index (χ4v) is 2.72. The third-order valence-electron chi connectivity index (χ3n) is 3.61. The third-order valence-corrected chi connectivity index (χ3v) is 3.80. The standard InChI is InChI=1S/C16H24ClN3O3/c1-15(2,3)23-14(21)20-9-7-5-6-8-16(20,4)22-13-11-18-10-12(17)19-13/h10-11H,5-9H2,1-4H3. The number of hydrogen-bond acceptors (Lipinski definition) is 5. The van der Waals surface area contributed by atoms with Crippen LogP contribution in [-0.4, -0.2) is 38.8 Å². The lowest BCUT2D eigenvalue weighted by Gasteiger charge is -2.40. The molecule has 6 nitrogen and oxygen atoms in total. The van der Waals surface area contributed by atoms with Gasteiger partial charge in [-0.05, 0) is 40.5 Å². The van der Waals surface area contributed by atoms with E-state index in [2.05, 4.69) is 9.97 Å². The summed E-state index contributed by atoms with van der Waals surface area (Å²) in [6, 6.07) is 0. The second-order valence-corrected chi connectivity index (χ2v) is 7.29. The number of halogens is 1. The molecule has 0 bridgehead atoms. The van der Waals surface area contributed by atoms with Crippen molar-refractivity contribution < 1.29 is 14.3 Å². The number of aromatic nitrogens is 2. The summed E-state index contributed by atoms with van der Waals surface area (Å²) in [7, 11) is 0. The number of likely N-dealkylation sites (tertiary alicyclic amines) is 1. The van der Waals surface area contributed by atoms with E-state index in [0.29, 0.717) is 18.8 Å². The van der Waals surface area contributed by atoms with E-state index in [9.17, 15) is 4.79 Å². The molecule has 1 atom stereocenters. The van der Waals surface area contributed by atoms with E-state index >= 15 is 0 Å². The van der Waals surface area contributed by atoms with Crippen LogP contribution in [0.2, 0.25) is 5.15 Å². The maximum absolute atomic E-state index is 12.6. The molecule has 2 heterocycles. The second kappa shape index (κ2) is 6.91. The van der Waals surface area contributed by atoms with Gasteiger partial charge in [0, 0.05) is 13.0 Å². The zero-order chi connectivity index (χ0) is 17.1. The minimum absolute atomic E-state index is 0.253. The van der Waals surface area contributed by atoms with Crippen LogP contribution in [0.1, 0.15) is 53.4 Å². The van der Waals surface area contributed by atoms with Crippen LogP contribution in [0, 0.1) is 0 Å².